The Morgan fingerprint density at radius 2 is 1.90 bits per heavy atom. The smallest absolute Gasteiger partial charge is 0.150 e. The maximum Gasteiger partial charge on any atom is 0.150 e. The van der Waals surface area contributed by atoms with Gasteiger partial charge in [-0.1, -0.05) is 0 Å². The molecule has 20 heavy (non-hydrogen) atoms. The molecule has 2 aromatic carbocycles. The van der Waals surface area contributed by atoms with Gasteiger partial charge in [0.2, 0.25) is 0 Å². The quantitative estimate of drug-likeness (QED) is 0.684. The number of carbonyl (C=O) groups excluding carboxylic acids is 1. The van der Waals surface area contributed by atoms with Crippen molar-refractivity contribution < 1.29 is 9.53 Å². The molecule has 0 radical (unpaired) electrons. The van der Waals surface area contributed by atoms with Crippen molar-refractivity contribution in [1.82, 2.24) is 9.55 Å². The normalized spacial score (nSPS) is 10.7. The lowest BCUT2D eigenvalue weighted by atomic mass is 10.2. The first-order valence-corrected chi connectivity index (χ1v) is 6.31. The van der Waals surface area contributed by atoms with Crippen LogP contribution in [-0.4, -0.2) is 22.9 Å². The second-order valence-electron chi connectivity index (χ2n) is 4.56. The van der Waals surface area contributed by atoms with Gasteiger partial charge in [0.15, 0.2) is 0 Å². The van der Waals surface area contributed by atoms with Crippen LogP contribution < -0.4 is 4.74 Å². The molecular weight excluding hydrogens is 252 g/mol. The average molecular weight is 266 g/mol. The molecule has 4 heteroatoms. The van der Waals surface area contributed by atoms with Crippen LogP contribution in [0.15, 0.2) is 42.5 Å². The minimum atomic E-state index is 0.664. The van der Waals surface area contributed by atoms with Crippen LogP contribution >= 0.6 is 0 Å². The molecule has 0 spiro atoms. The first-order valence-electron chi connectivity index (χ1n) is 6.31. The van der Waals surface area contributed by atoms with Crippen molar-refractivity contribution in [3.63, 3.8) is 0 Å². The predicted octanol–water partition coefficient (Wildman–Crippen LogP) is 3.16. The Kier molecular flexibility index (Phi) is 2.99. The lowest BCUT2D eigenvalue weighted by Crippen LogP contribution is -1.97. The summed E-state index contributed by atoms with van der Waals surface area (Å²) in [5.41, 5.74) is 3.56. The number of carbonyl (C=O) groups is 1. The maximum absolute atomic E-state index is 10.7. The molecule has 0 bridgehead atoms. The number of aromatic nitrogens is 2. The molecule has 0 N–H and O–H groups in total. The highest BCUT2D eigenvalue weighted by molar-refractivity contribution is 5.80. The van der Waals surface area contributed by atoms with Gasteiger partial charge in [0, 0.05) is 17.3 Å². The molecule has 3 aromatic rings. The van der Waals surface area contributed by atoms with E-state index in [0.717, 1.165) is 34.6 Å². The molecule has 0 aliphatic carbocycles. The van der Waals surface area contributed by atoms with Crippen LogP contribution in [0.5, 0.6) is 5.75 Å². The number of fused-ring (bicyclic) bond motifs is 1. The first kappa shape index (κ1) is 12.4. The van der Waals surface area contributed by atoms with Crippen LogP contribution in [0.1, 0.15) is 16.2 Å². The van der Waals surface area contributed by atoms with E-state index in [1.807, 2.05) is 37.3 Å². The van der Waals surface area contributed by atoms with E-state index >= 15 is 0 Å². The van der Waals surface area contributed by atoms with E-state index in [0.29, 0.717) is 5.56 Å². The van der Waals surface area contributed by atoms with Crippen molar-refractivity contribution in [2.24, 2.45) is 0 Å². The number of rotatable bonds is 3. The highest BCUT2D eigenvalue weighted by atomic mass is 16.5. The van der Waals surface area contributed by atoms with E-state index in [1.165, 1.54) is 0 Å². The van der Waals surface area contributed by atoms with Crippen molar-refractivity contribution in [3.8, 4) is 11.4 Å². The standard InChI is InChI=1S/C16H14N2O2/c1-11-17-15-9-14(20-2)7-8-16(15)18(11)13-5-3-12(10-19)4-6-13/h3-10H,1-2H3. The third kappa shape index (κ3) is 1.95. The topological polar surface area (TPSA) is 44.1 Å². The summed E-state index contributed by atoms with van der Waals surface area (Å²) in [6, 6.07) is 13.3. The number of nitrogens with zero attached hydrogens (tertiary/aromatic N) is 2. The number of aldehydes is 1. The highest BCUT2D eigenvalue weighted by Crippen LogP contribution is 2.24. The monoisotopic (exact) mass is 266 g/mol. The van der Waals surface area contributed by atoms with Crippen LogP contribution in [0, 0.1) is 6.92 Å². The van der Waals surface area contributed by atoms with E-state index in [2.05, 4.69) is 9.55 Å². The molecule has 0 aliphatic heterocycles. The third-order valence-electron chi connectivity index (χ3n) is 3.32. The fourth-order valence-electron chi connectivity index (χ4n) is 2.34. The molecule has 0 fully saturated rings. The summed E-state index contributed by atoms with van der Waals surface area (Å²) < 4.78 is 7.28. The zero-order valence-electron chi connectivity index (χ0n) is 11.3. The molecule has 0 amide bonds. The van der Waals surface area contributed by atoms with Crippen molar-refractivity contribution in [1.29, 1.82) is 0 Å². The molecular formula is C16H14N2O2. The maximum atomic E-state index is 10.7. The molecule has 4 nitrogen and oxygen atoms in total. The molecule has 0 saturated heterocycles. The molecule has 1 aromatic heterocycles. The van der Waals surface area contributed by atoms with E-state index in [9.17, 15) is 4.79 Å². The van der Waals surface area contributed by atoms with Gasteiger partial charge in [-0.15, -0.1) is 0 Å². The van der Waals surface area contributed by atoms with Crippen molar-refractivity contribution >= 4 is 17.3 Å². The summed E-state index contributed by atoms with van der Waals surface area (Å²) in [5.74, 6) is 1.69. The van der Waals surface area contributed by atoms with Gasteiger partial charge < -0.3 is 4.74 Å². The average Bonchev–Trinajstić information content (AvgIpc) is 2.82. The summed E-state index contributed by atoms with van der Waals surface area (Å²) in [6.45, 7) is 1.96. The van der Waals surface area contributed by atoms with Crippen LogP contribution in [0.2, 0.25) is 0 Å². The zero-order valence-corrected chi connectivity index (χ0v) is 11.3. The Hall–Kier alpha value is -2.62. The summed E-state index contributed by atoms with van der Waals surface area (Å²) in [7, 11) is 1.64. The fraction of sp³-hybridized carbons (Fsp3) is 0.125. The van der Waals surface area contributed by atoms with Gasteiger partial charge in [-0.2, -0.15) is 0 Å². The zero-order chi connectivity index (χ0) is 14.1. The minimum absolute atomic E-state index is 0.664. The largest absolute Gasteiger partial charge is 0.497 e. The third-order valence-corrected chi connectivity index (χ3v) is 3.32. The van der Waals surface area contributed by atoms with Crippen LogP contribution in [0.25, 0.3) is 16.7 Å². The second-order valence-corrected chi connectivity index (χ2v) is 4.56. The Balaban J connectivity index is 2.19. The van der Waals surface area contributed by atoms with E-state index in [1.54, 1.807) is 19.2 Å². The molecule has 3 rings (SSSR count). The van der Waals surface area contributed by atoms with E-state index in [4.69, 9.17) is 4.74 Å². The van der Waals surface area contributed by atoms with Crippen LogP contribution in [-0.2, 0) is 0 Å². The molecule has 0 atom stereocenters. The van der Waals surface area contributed by atoms with Crippen LogP contribution in [0.4, 0.5) is 0 Å². The number of imidazole rings is 1. The van der Waals surface area contributed by atoms with E-state index < -0.39 is 0 Å². The lowest BCUT2D eigenvalue weighted by Gasteiger charge is -2.07. The highest BCUT2D eigenvalue weighted by Gasteiger charge is 2.10. The number of hydrogen-bond acceptors (Lipinski definition) is 3. The minimum Gasteiger partial charge on any atom is -0.497 e. The van der Waals surface area contributed by atoms with Gasteiger partial charge in [0.1, 0.15) is 17.9 Å². The first-order chi connectivity index (χ1) is 9.72. The number of hydrogen-bond donors (Lipinski definition) is 0. The van der Waals surface area contributed by atoms with Gasteiger partial charge in [-0.3, -0.25) is 9.36 Å². The van der Waals surface area contributed by atoms with E-state index in [-0.39, 0.29) is 0 Å². The summed E-state index contributed by atoms with van der Waals surface area (Å²) in [5, 5.41) is 0. The Bertz CT molecular complexity index is 773. The molecule has 0 unspecified atom stereocenters. The van der Waals surface area contributed by atoms with Gasteiger partial charge in [0.05, 0.1) is 18.1 Å². The number of benzene rings is 2. The summed E-state index contributed by atoms with van der Waals surface area (Å²) >= 11 is 0. The van der Waals surface area contributed by atoms with Gasteiger partial charge >= 0.3 is 0 Å². The fourth-order valence-corrected chi connectivity index (χ4v) is 2.34. The predicted molar refractivity (Wildman–Crippen MR) is 77.7 cm³/mol. The number of ether oxygens (including phenoxy) is 1. The molecule has 0 saturated carbocycles. The second kappa shape index (κ2) is 4.81. The SMILES string of the molecule is COc1ccc2c(c1)nc(C)n2-c1ccc(C=O)cc1. The molecule has 0 aliphatic rings. The van der Waals surface area contributed by atoms with Gasteiger partial charge in [-0.05, 0) is 43.3 Å². The lowest BCUT2D eigenvalue weighted by molar-refractivity contribution is 0.112. The van der Waals surface area contributed by atoms with Crippen molar-refractivity contribution in [2.45, 2.75) is 6.92 Å². The molecule has 1 heterocycles. The van der Waals surface area contributed by atoms with Gasteiger partial charge in [0.25, 0.3) is 0 Å². The van der Waals surface area contributed by atoms with Crippen molar-refractivity contribution in [3.05, 3.63) is 53.9 Å². The number of aryl methyl sites for hydroxylation is 1. The summed E-state index contributed by atoms with van der Waals surface area (Å²) in [4.78, 5) is 15.3. The molecule has 100 valence electrons. The van der Waals surface area contributed by atoms with Crippen LogP contribution in [0.3, 0.4) is 0 Å². The van der Waals surface area contributed by atoms with Crippen molar-refractivity contribution in [2.75, 3.05) is 7.11 Å². The number of methoxy groups -OCH3 is 1. The summed E-state index contributed by atoms with van der Waals surface area (Å²) in [6.07, 6.45) is 0.841. The Morgan fingerprint density at radius 3 is 2.55 bits per heavy atom. The van der Waals surface area contributed by atoms with Gasteiger partial charge in [-0.25, -0.2) is 4.98 Å². The Labute approximate surface area is 116 Å². The Morgan fingerprint density at radius 1 is 1.15 bits per heavy atom.